The Labute approximate surface area is 114 Å². The molecule has 0 radical (unpaired) electrons. The lowest BCUT2D eigenvalue weighted by Crippen LogP contribution is -2.25. The SMILES string of the molecule is O=[N+]([O-])c1cnc(Cl)nc1NCC1CC2CCC1O2. The Morgan fingerprint density at radius 1 is 1.58 bits per heavy atom. The first-order valence-corrected chi connectivity index (χ1v) is 6.57. The fourth-order valence-electron chi connectivity index (χ4n) is 2.80. The van der Waals surface area contributed by atoms with Crippen molar-refractivity contribution in [1.29, 1.82) is 0 Å². The summed E-state index contributed by atoms with van der Waals surface area (Å²) in [5.41, 5.74) is -0.159. The van der Waals surface area contributed by atoms with E-state index >= 15 is 0 Å². The molecule has 2 saturated heterocycles. The Hall–Kier alpha value is -1.47. The van der Waals surface area contributed by atoms with Gasteiger partial charge in [0.05, 0.1) is 17.1 Å². The quantitative estimate of drug-likeness (QED) is 0.517. The van der Waals surface area contributed by atoms with E-state index in [1.54, 1.807) is 0 Å². The summed E-state index contributed by atoms with van der Waals surface area (Å²) in [5.74, 6) is 0.555. The molecule has 3 heterocycles. The maximum atomic E-state index is 10.9. The third kappa shape index (κ3) is 2.48. The van der Waals surface area contributed by atoms with Crippen LogP contribution in [-0.2, 0) is 4.74 Å². The number of aromatic nitrogens is 2. The van der Waals surface area contributed by atoms with E-state index < -0.39 is 4.92 Å². The molecule has 19 heavy (non-hydrogen) atoms. The largest absolute Gasteiger partial charge is 0.375 e. The third-order valence-electron chi connectivity index (χ3n) is 3.70. The zero-order valence-corrected chi connectivity index (χ0v) is 10.8. The molecule has 7 nitrogen and oxygen atoms in total. The second kappa shape index (κ2) is 4.90. The molecule has 0 saturated carbocycles. The van der Waals surface area contributed by atoms with Crippen LogP contribution in [-0.4, -0.2) is 33.6 Å². The van der Waals surface area contributed by atoms with Crippen LogP contribution in [0.4, 0.5) is 11.5 Å². The van der Waals surface area contributed by atoms with Crippen molar-refractivity contribution in [1.82, 2.24) is 9.97 Å². The summed E-state index contributed by atoms with van der Waals surface area (Å²) in [6.07, 6.45) is 4.96. The summed E-state index contributed by atoms with van der Waals surface area (Å²) in [5, 5.41) is 13.9. The first-order chi connectivity index (χ1) is 9.13. The van der Waals surface area contributed by atoms with Gasteiger partial charge >= 0.3 is 5.69 Å². The molecule has 2 bridgehead atoms. The molecule has 2 aliphatic heterocycles. The molecule has 0 spiro atoms. The lowest BCUT2D eigenvalue weighted by Gasteiger charge is -2.18. The van der Waals surface area contributed by atoms with E-state index in [9.17, 15) is 10.1 Å². The van der Waals surface area contributed by atoms with Crippen molar-refractivity contribution in [2.24, 2.45) is 5.92 Å². The molecule has 8 heteroatoms. The maximum absolute atomic E-state index is 10.9. The van der Waals surface area contributed by atoms with Crippen molar-refractivity contribution in [2.75, 3.05) is 11.9 Å². The van der Waals surface area contributed by atoms with E-state index in [1.165, 1.54) is 0 Å². The molecule has 102 valence electrons. The van der Waals surface area contributed by atoms with Crippen molar-refractivity contribution in [3.63, 3.8) is 0 Å². The fourth-order valence-corrected chi connectivity index (χ4v) is 2.94. The number of hydrogen-bond donors (Lipinski definition) is 1. The highest BCUT2D eigenvalue weighted by atomic mass is 35.5. The highest BCUT2D eigenvalue weighted by Crippen LogP contribution is 2.38. The Bertz CT molecular complexity index is 513. The highest BCUT2D eigenvalue weighted by molar-refractivity contribution is 6.28. The molecular formula is C11H13ClN4O3. The molecule has 1 N–H and O–H groups in total. The lowest BCUT2D eigenvalue weighted by atomic mass is 9.89. The summed E-state index contributed by atoms with van der Waals surface area (Å²) in [6.45, 7) is 0.606. The van der Waals surface area contributed by atoms with E-state index in [2.05, 4.69) is 15.3 Å². The van der Waals surface area contributed by atoms with Gasteiger partial charge in [0.2, 0.25) is 11.1 Å². The average Bonchev–Trinajstić information content (AvgIpc) is 2.98. The first kappa shape index (κ1) is 12.6. The van der Waals surface area contributed by atoms with Crippen LogP contribution < -0.4 is 5.32 Å². The Morgan fingerprint density at radius 2 is 2.42 bits per heavy atom. The van der Waals surface area contributed by atoms with Gasteiger partial charge in [-0.2, -0.15) is 4.98 Å². The normalized spacial score (nSPS) is 28.6. The minimum absolute atomic E-state index is 0.00251. The molecule has 2 aliphatic rings. The molecule has 3 atom stereocenters. The van der Waals surface area contributed by atoms with Crippen molar-refractivity contribution in [2.45, 2.75) is 31.5 Å². The molecule has 1 aromatic heterocycles. The fraction of sp³-hybridized carbons (Fsp3) is 0.636. The van der Waals surface area contributed by atoms with Crippen LogP contribution in [0.5, 0.6) is 0 Å². The van der Waals surface area contributed by atoms with Gasteiger partial charge in [-0.1, -0.05) is 0 Å². The van der Waals surface area contributed by atoms with Crippen molar-refractivity contribution in [3.05, 3.63) is 21.6 Å². The smallest absolute Gasteiger partial charge is 0.329 e. The van der Waals surface area contributed by atoms with Crippen LogP contribution in [0.2, 0.25) is 5.28 Å². The second-order valence-corrected chi connectivity index (χ2v) is 5.22. The molecule has 3 unspecified atom stereocenters. The van der Waals surface area contributed by atoms with E-state index in [4.69, 9.17) is 16.3 Å². The lowest BCUT2D eigenvalue weighted by molar-refractivity contribution is -0.384. The van der Waals surface area contributed by atoms with Gasteiger partial charge in [0, 0.05) is 12.5 Å². The minimum Gasteiger partial charge on any atom is -0.375 e. The summed E-state index contributed by atoms with van der Waals surface area (Å²) >= 11 is 5.67. The van der Waals surface area contributed by atoms with Crippen LogP contribution in [0.15, 0.2) is 6.20 Å². The molecular weight excluding hydrogens is 272 g/mol. The maximum Gasteiger partial charge on any atom is 0.329 e. The van der Waals surface area contributed by atoms with E-state index in [0.29, 0.717) is 18.6 Å². The predicted octanol–water partition coefficient (Wildman–Crippen LogP) is 2.02. The average molecular weight is 285 g/mol. The number of halogens is 1. The van der Waals surface area contributed by atoms with Gasteiger partial charge in [0.1, 0.15) is 6.20 Å². The van der Waals surface area contributed by atoms with E-state index in [-0.39, 0.29) is 22.9 Å². The minimum atomic E-state index is -0.518. The summed E-state index contributed by atoms with van der Waals surface area (Å²) in [6, 6.07) is 0. The van der Waals surface area contributed by atoms with Crippen molar-refractivity contribution >= 4 is 23.1 Å². The van der Waals surface area contributed by atoms with Gasteiger partial charge in [0.15, 0.2) is 0 Å². The highest BCUT2D eigenvalue weighted by Gasteiger charge is 2.40. The van der Waals surface area contributed by atoms with Gasteiger partial charge in [0.25, 0.3) is 0 Å². The standard InChI is InChI=1S/C11H13ClN4O3/c12-11-14-5-8(16(17)18)10(15-11)13-4-6-3-7-1-2-9(6)19-7/h5-7,9H,1-4H2,(H,13,14,15). The Morgan fingerprint density at radius 3 is 3.05 bits per heavy atom. The van der Waals surface area contributed by atoms with Crippen LogP contribution in [0.25, 0.3) is 0 Å². The van der Waals surface area contributed by atoms with Crippen LogP contribution in [0.1, 0.15) is 19.3 Å². The van der Waals surface area contributed by atoms with Crippen LogP contribution in [0, 0.1) is 16.0 Å². The van der Waals surface area contributed by atoms with Crippen LogP contribution in [0.3, 0.4) is 0 Å². The van der Waals surface area contributed by atoms with Gasteiger partial charge in [-0.15, -0.1) is 0 Å². The summed E-state index contributed by atoms with van der Waals surface area (Å²) in [4.78, 5) is 17.9. The monoisotopic (exact) mass is 284 g/mol. The number of rotatable bonds is 4. The zero-order valence-electron chi connectivity index (χ0n) is 10.1. The Kier molecular flexibility index (Phi) is 3.24. The molecule has 3 rings (SSSR count). The van der Waals surface area contributed by atoms with Gasteiger partial charge in [-0.05, 0) is 30.9 Å². The van der Waals surface area contributed by atoms with Crippen molar-refractivity contribution < 1.29 is 9.66 Å². The number of hydrogen-bond acceptors (Lipinski definition) is 6. The van der Waals surface area contributed by atoms with E-state index in [0.717, 1.165) is 25.5 Å². The molecule has 0 aromatic carbocycles. The molecule has 1 aromatic rings. The predicted molar refractivity (Wildman–Crippen MR) is 68.2 cm³/mol. The first-order valence-electron chi connectivity index (χ1n) is 6.19. The van der Waals surface area contributed by atoms with Crippen LogP contribution >= 0.6 is 11.6 Å². The topological polar surface area (TPSA) is 90.2 Å². The number of anilines is 1. The zero-order chi connectivity index (χ0) is 13.4. The number of nitrogens with zero attached hydrogens (tertiary/aromatic N) is 3. The second-order valence-electron chi connectivity index (χ2n) is 4.88. The summed E-state index contributed by atoms with van der Waals surface area (Å²) < 4.78 is 5.74. The number of fused-ring (bicyclic) bond motifs is 2. The number of nitrogens with one attached hydrogen (secondary N) is 1. The molecule has 2 fully saturated rings. The van der Waals surface area contributed by atoms with Gasteiger partial charge in [-0.25, -0.2) is 4.98 Å². The summed E-state index contributed by atoms with van der Waals surface area (Å²) in [7, 11) is 0. The van der Waals surface area contributed by atoms with Crippen molar-refractivity contribution in [3.8, 4) is 0 Å². The molecule has 0 amide bonds. The molecule has 0 aliphatic carbocycles. The third-order valence-corrected chi connectivity index (χ3v) is 3.88. The van der Waals surface area contributed by atoms with Gasteiger partial charge < -0.3 is 10.1 Å². The Balaban J connectivity index is 1.69. The number of ether oxygens (including phenoxy) is 1. The van der Waals surface area contributed by atoms with Gasteiger partial charge in [-0.3, -0.25) is 10.1 Å². The number of nitro groups is 1. The van der Waals surface area contributed by atoms with E-state index in [1.807, 2.05) is 0 Å².